The third-order valence-corrected chi connectivity index (χ3v) is 4.30. The molecule has 0 atom stereocenters. The lowest BCUT2D eigenvalue weighted by atomic mass is 10.4. The van der Waals surface area contributed by atoms with Crippen molar-refractivity contribution in [2.75, 3.05) is 18.9 Å². The van der Waals surface area contributed by atoms with Crippen LogP contribution in [0.3, 0.4) is 0 Å². The van der Waals surface area contributed by atoms with Gasteiger partial charge in [-0.15, -0.1) is 0 Å². The van der Waals surface area contributed by atoms with Gasteiger partial charge in [0.25, 0.3) is 10.0 Å². The number of anilines is 1. The normalized spacial score (nSPS) is 11.4. The van der Waals surface area contributed by atoms with Gasteiger partial charge in [-0.25, -0.2) is 13.4 Å². The molecule has 0 aliphatic heterocycles. The van der Waals surface area contributed by atoms with Gasteiger partial charge in [-0.1, -0.05) is 0 Å². The van der Waals surface area contributed by atoms with Crippen molar-refractivity contribution in [3.8, 4) is 5.88 Å². The summed E-state index contributed by atoms with van der Waals surface area (Å²) in [7, 11) is 1.48. The van der Waals surface area contributed by atoms with Crippen LogP contribution in [0.4, 0.5) is 5.69 Å². The van der Waals surface area contributed by atoms with Crippen LogP contribution in [0, 0.1) is 0 Å². The number of methoxy groups -OCH3 is 1. The molecule has 2 heterocycles. The number of nitrogens with one attached hydrogen (secondary N) is 2. The van der Waals surface area contributed by atoms with Crippen LogP contribution in [0.25, 0.3) is 0 Å². The number of ether oxygens (including phenoxy) is 1. The van der Waals surface area contributed by atoms with Crippen LogP contribution in [-0.4, -0.2) is 32.1 Å². The first-order valence-corrected chi connectivity index (χ1v) is 7.77. The number of hydrogen-bond donors (Lipinski definition) is 2. The molecular formula is C13H18N4O3S. The lowest BCUT2D eigenvalue weighted by Gasteiger charge is -2.06. The van der Waals surface area contributed by atoms with E-state index >= 15 is 0 Å². The molecule has 8 heteroatoms. The Morgan fingerprint density at radius 1 is 1.38 bits per heavy atom. The van der Waals surface area contributed by atoms with E-state index in [2.05, 4.69) is 15.0 Å². The first kappa shape index (κ1) is 15.3. The van der Waals surface area contributed by atoms with E-state index in [1.165, 1.54) is 13.3 Å². The molecule has 2 aromatic rings. The first-order chi connectivity index (χ1) is 9.96. The van der Waals surface area contributed by atoms with Crippen molar-refractivity contribution in [2.24, 2.45) is 7.05 Å². The van der Waals surface area contributed by atoms with Crippen molar-refractivity contribution in [1.82, 2.24) is 14.9 Å². The highest BCUT2D eigenvalue weighted by Gasteiger charge is 2.17. The maximum atomic E-state index is 12.3. The molecule has 0 unspecified atom stereocenters. The molecule has 0 radical (unpaired) electrons. The van der Waals surface area contributed by atoms with Gasteiger partial charge < -0.3 is 14.6 Å². The standard InChI is InChI=1S/C13H18N4O3S/c1-14-8-11-6-12(9-17(11)2)21(18,19)16-10-4-5-13(20-3)15-7-10/h4-7,9,14,16H,8H2,1-3H3. The number of pyridine rings is 1. The van der Waals surface area contributed by atoms with E-state index in [-0.39, 0.29) is 4.90 Å². The topological polar surface area (TPSA) is 85.2 Å². The molecule has 2 aromatic heterocycles. The zero-order valence-corrected chi connectivity index (χ0v) is 12.9. The molecule has 0 spiro atoms. The van der Waals surface area contributed by atoms with Crippen molar-refractivity contribution in [1.29, 1.82) is 0 Å². The third kappa shape index (κ3) is 3.53. The highest BCUT2D eigenvalue weighted by molar-refractivity contribution is 7.92. The van der Waals surface area contributed by atoms with Crippen LogP contribution < -0.4 is 14.8 Å². The van der Waals surface area contributed by atoms with E-state index in [1.54, 1.807) is 36.0 Å². The summed E-state index contributed by atoms with van der Waals surface area (Å²) in [5, 5.41) is 2.99. The number of hydrogen-bond acceptors (Lipinski definition) is 5. The largest absolute Gasteiger partial charge is 0.481 e. The number of sulfonamides is 1. The molecule has 114 valence electrons. The summed E-state index contributed by atoms with van der Waals surface area (Å²) in [6.45, 7) is 0.593. The summed E-state index contributed by atoms with van der Waals surface area (Å²) >= 11 is 0. The maximum Gasteiger partial charge on any atom is 0.263 e. The second kappa shape index (κ2) is 6.15. The van der Waals surface area contributed by atoms with Gasteiger partial charge in [-0.05, 0) is 19.2 Å². The molecule has 2 N–H and O–H groups in total. The van der Waals surface area contributed by atoms with Gasteiger partial charge in [0.05, 0.1) is 19.0 Å². The van der Waals surface area contributed by atoms with Gasteiger partial charge in [0.15, 0.2) is 0 Å². The van der Waals surface area contributed by atoms with Crippen LogP contribution in [0.2, 0.25) is 0 Å². The van der Waals surface area contributed by atoms with Crippen LogP contribution >= 0.6 is 0 Å². The Morgan fingerprint density at radius 2 is 2.14 bits per heavy atom. The zero-order valence-electron chi connectivity index (χ0n) is 12.1. The molecule has 0 amide bonds. The minimum Gasteiger partial charge on any atom is -0.481 e. The number of aryl methyl sites for hydroxylation is 1. The van der Waals surface area contributed by atoms with Crippen molar-refractivity contribution < 1.29 is 13.2 Å². The molecular weight excluding hydrogens is 292 g/mol. The predicted molar refractivity (Wildman–Crippen MR) is 79.8 cm³/mol. The van der Waals surface area contributed by atoms with E-state index < -0.39 is 10.0 Å². The van der Waals surface area contributed by atoms with Gasteiger partial charge in [0.1, 0.15) is 4.90 Å². The molecule has 2 rings (SSSR count). The van der Waals surface area contributed by atoms with Crippen LogP contribution in [-0.2, 0) is 23.6 Å². The highest BCUT2D eigenvalue weighted by Crippen LogP contribution is 2.19. The Balaban J connectivity index is 2.22. The van der Waals surface area contributed by atoms with Gasteiger partial charge in [0.2, 0.25) is 5.88 Å². The van der Waals surface area contributed by atoms with E-state index in [0.717, 1.165) is 5.69 Å². The number of nitrogens with zero attached hydrogens (tertiary/aromatic N) is 2. The molecule has 0 aliphatic carbocycles. The Morgan fingerprint density at radius 3 is 2.71 bits per heavy atom. The second-order valence-corrected chi connectivity index (χ2v) is 6.19. The van der Waals surface area contributed by atoms with Gasteiger partial charge in [-0.3, -0.25) is 4.72 Å². The SMILES string of the molecule is CNCc1cc(S(=O)(=O)Nc2ccc(OC)nc2)cn1C. The fourth-order valence-electron chi connectivity index (χ4n) is 1.86. The molecule has 0 bridgehead atoms. The van der Waals surface area contributed by atoms with Gasteiger partial charge in [-0.2, -0.15) is 0 Å². The van der Waals surface area contributed by atoms with Crippen LogP contribution in [0.1, 0.15) is 5.69 Å². The monoisotopic (exact) mass is 310 g/mol. The molecule has 0 aliphatic rings. The Kier molecular flexibility index (Phi) is 4.49. The Bertz CT molecular complexity index is 708. The van der Waals surface area contributed by atoms with Gasteiger partial charge >= 0.3 is 0 Å². The Hall–Kier alpha value is -2.06. The second-order valence-electron chi connectivity index (χ2n) is 4.50. The molecule has 0 saturated carbocycles. The predicted octanol–water partition coefficient (Wildman–Crippen LogP) is 0.949. The summed E-state index contributed by atoms with van der Waals surface area (Å²) in [6.07, 6.45) is 2.99. The third-order valence-electron chi connectivity index (χ3n) is 2.95. The first-order valence-electron chi connectivity index (χ1n) is 6.29. The zero-order chi connectivity index (χ0) is 15.5. The molecule has 0 saturated heterocycles. The highest BCUT2D eigenvalue weighted by atomic mass is 32.2. The van der Waals surface area contributed by atoms with E-state index in [0.29, 0.717) is 18.1 Å². The summed E-state index contributed by atoms with van der Waals surface area (Å²) in [6, 6.07) is 4.83. The quantitative estimate of drug-likeness (QED) is 0.830. The number of rotatable bonds is 6. The molecule has 0 fully saturated rings. The average molecular weight is 310 g/mol. The smallest absolute Gasteiger partial charge is 0.263 e. The lowest BCUT2D eigenvalue weighted by molar-refractivity contribution is 0.398. The van der Waals surface area contributed by atoms with Crippen molar-refractivity contribution in [3.63, 3.8) is 0 Å². The van der Waals surface area contributed by atoms with Gasteiger partial charge in [0, 0.05) is 31.5 Å². The van der Waals surface area contributed by atoms with Crippen LogP contribution in [0.15, 0.2) is 35.5 Å². The maximum absolute atomic E-state index is 12.3. The molecule has 21 heavy (non-hydrogen) atoms. The van der Waals surface area contributed by atoms with E-state index in [9.17, 15) is 8.42 Å². The summed E-state index contributed by atoms with van der Waals surface area (Å²) in [5.41, 5.74) is 1.26. The van der Waals surface area contributed by atoms with Crippen molar-refractivity contribution in [3.05, 3.63) is 36.3 Å². The fourth-order valence-corrected chi connectivity index (χ4v) is 2.99. The number of aromatic nitrogens is 2. The van der Waals surface area contributed by atoms with Crippen molar-refractivity contribution >= 4 is 15.7 Å². The lowest BCUT2D eigenvalue weighted by Crippen LogP contribution is -2.12. The molecule has 7 nitrogen and oxygen atoms in total. The summed E-state index contributed by atoms with van der Waals surface area (Å²) in [4.78, 5) is 4.18. The van der Waals surface area contributed by atoms with E-state index in [4.69, 9.17) is 4.74 Å². The average Bonchev–Trinajstić information content (AvgIpc) is 2.82. The minimum absolute atomic E-state index is 0.214. The Labute approximate surface area is 124 Å². The summed E-state index contributed by atoms with van der Waals surface area (Å²) < 4.78 is 33.8. The van der Waals surface area contributed by atoms with Crippen molar-refractivity contribution in [2.45, 2.75) is 11.4 Å². The fraction of sp³-hybridized carbons (Fsp3) is 0.308. The minimum atomic E-state index is -3.63. The van der Waals surface area contributed by atoms with E-state index in [1.807, 2.05) is 7.05 Å². The van der Waals surface area contributed by atoms with Crippen LogP contribution in [0.5, 0.6) is 5.88 Å². The molecule has 0 aromatic carbocycles. The summed E-state index contributed by atoms with van der Waals surface area (Å²) in [5.74, 6) is 0.425.